The van der Waals surface area contributed by atoms with Crippen LogP contribution in [0.4, 0.5) is 11.9 Å². The van der Waals surface area contributed by atoms with E-state index in [-0.39, 0.29) is 0 Å². The van der Waals surface area contributed by atoms with Gasteiger partial charge in [-0.1, -0.05) is 6.07 Å². The molecule has 7 heteroatoms. The maximum Gasteiger partial charge on any atom is 0.231 e. The molecule has 104 valence electrons. The van der Waals surface area contributed by atoms with Crippen molar-refractivity contribution in [3.05, 3.63) is 24.4 Å². The van der Waals surface area contributed by atoms with Crippen LogP contribution in [0.3, 0.4) is 0 Å². The van der Waals surface area contributed by atoms with E-state index < -0.39 is 0 Å². The van der Waals surface area contributed by atoms with Crippen LogP contribution in [0.2, 0.25) is 0 Å². The number of hydrogen-bond acceptors (Lipinski definition) is 7. The lowest BCUT2D eigenvalue weighted by atomic mass is 10.4. The SMILES string of the molecule is CNc1nc(Sc2ccccn2)nc(N2CCCC2)n1. The molecule has 2 aromatic heterocycles. The van der Waals surface area contributed by atoms with Gasteiger partial charge in [-0.25, -0.2) is 4.98 Å². The van der Waals surface area contributed by atoms with Gasteiger partial charge in [-0.15, -0.1) is 0 Å². The maximum atomic E-state index is 4.55. The molecule has 1 fully saturated rings. The predicted molar refractivity (Wildman–Crippen MR) is 79.2 cm³/mol. The zero-order valence-corrected chi connectivity index (χ0v) is 12.1. The number of nitrogens with zero attached hydrogens (tertiary/aromatic N) is 5. The third-order valence-corrected chi connectivity index (χ3v) is 3.86. The topological polar surface area (TPSA) is 66.8 Å². The van der Waals surface area contributed by atoms with E-state index in [1.54, 1.807) is 6.20 Å². The number of anilines is 2. The first-order valence-corrected chi connectivity index (χ1v) is 7.44. The number of aromatic nitrogens is 4. The molecule has 20 heavy (non-hydrogen) atoms. The molecule has 2 aromatic rings. The summed E-state index contributed by atoms with van der Waals surface area (Å²) in [7, 11) is 1.82. The third-order valence-electron chi connectivity index (χ3n) is 3.05. The highest BCUT2D eigenvalue weighted by atomic mass is 32.2. The minimum atomic E-state index is 0.598. The molecule has 3 heterocycles. The van der Waals surface area contributed by atoms with Crippen molar-refractivity contribution in [1.29, 1.82) is 0 Å². The molecule has 1 aliphatic rings. The summed E-state index contributed by atoms with van der Waals surface area (Å²) >= 11 is 1.45. The van der Waals surface area contributed by atoms with Gasteiger partial charge in [0.1, 0.15) is 5.03 Å². The van der Waals surface area contributed by atoms with Crippen molar-refractivity contribution in [2.24, 2.45) is 0 Å². The Labute approximate surface area is 122 Å². The lowest BCUT2D eigenvalue weighted by Gasteiger charge is -2.16. The summed E-state index contributed by atoms with van der Waals surface area (Å²) in [5.74, 6) is 1.35. The molecule has 3 rings (SSSR count). The number of rotatable bonds is 4. The molecule has 0 atom stereocenters. The molecule has 0 saturated carbocycles. The molecule has 1 saturated heterocycles. The van der Waals surface area contributed by atoms with Crippen molar-refractivity contribution >= 4 is 23.7 Å². The summed E-state index contributed by atoms with van der Waals surface area (Å²) in [4.78, 5) is 19.8. The molecule has 0 radical (unpaired) electrons. The van der Waals surface area contributed by atoms with Gasteiger partial charge < -0.3 is 10.2 Å². The number of hydrogen-bond donors (Lipinski definition) is 1. The van der Waals surface area contributed by atoms with Crippen LogP contribution in [0.1, 0.15) is 12.8 Å². The van der Waals surface area contributed by atoms with E-state index in [0.717, 1.165) is 24.1 Å². The van der Waals surface area contributed by atoms with Crippen LogP contribution < -0.4 is 10.2 Å². The Balaban J connectivity index is 1.87. The summed E-state index contributed by atoms with van der Waals surface area (Å²) in [6, 6.07) is 5.80. The molecule has 1 aliphatic heterocycles. The van der Waals surface area contributed by atoms with E-state index >= 15 is 0 Å². The lowest BCUT2D eigenvalue weighted by Crippen LogP contribution is -2.21. The van der Waals surface area contributed by atoms with Crippen LogP contribution >= 0.6 is 11.8 Å². The minimum absolute atomic E-state index is 0.598. The molecule has 0 bridgehead atoms. The fraction of sp³-hybridized carbons (Fsp3) is 0.385. The largest absolute Gasteiger partial charge is 0.357 e. The second kappa shape index (κ2) is 6.04. The van der Waals surface area contributed by atoms with E-state index in [2.05, 4.69) is 30.2 Å². The van der Waals surface area contributed by atoms with Gasteiger partial charge in [0.25, 0.3) is 0 Å². The Hall–Kier alpha value is -1.89. The Morgan fingerprint density at radius 2 is 2.00 bits per heavy atom. The lowest BCUT2D eigenvalue weighted by molar-refractivity contribution is 0.829. The molecule has 0 unspecified atom stereocenters. The Bertz CT molecular complexity index is 570. The Kier molecular flexibility index (Phi) is 3.96. The van der Waals surface area contributed by atoms with E-state index in [1.807, 2.05) is 25.2 Å². The zero-order valence-electron chi connectivity index (χ0n) is 11.3. The minimum Gasteiger partial charge on any atom is -0.357 e. The van der Waals surface area contributed by atoms with Crippen molar-refractivity contribution in [1.82, 2.24) is 19.9 Å². The third kappa shape index (κ3) is 2.98. The average molecular weight is 288 g/mol. The predicted octanol–water partition coefficient (Wildman–Crippen LogP) is 2.06. The number of pyridine rings is 1. The van der Waals surface area contributed by atoms with Crippen molar-refractivity contribution < 1.29 is 0 Å². The fourth-order valence-corrected chi connectivity index (χ4v) is 2.77. The van der Waals surface area contributed by atoms with Crippen molar-refractivity contribution in [3.63, 3.8) is 0 Å². The molecule has 1 N–H and O–H groups in total. The normalized spacial score (nSPS) is 14.6. The monoisotopic (exact) mass is 288 g/mol. The first-order valence-electron chi connectivity index (χ1n) is 6.63. The van der Waals surface area contributed by atoms with Gasteiger partial charge in [0.05, 0.1) is 0 Å². The molecular formula is C13H16N6S. The summed E-state index contributed by atoms with van der Waals surface area (Å²) in [5.41, 5.74) is 0. The Morgan fingerprint density at radius 3 is 2.70 bits per heavy atom. The first kappa shape index (κ1) is 13.1. The van der Waals surface area contributed by atoms with Crippen LogP contribution in [-0.4, -0.2) is 40.1 Å². The van der Waals surface area contributed by atoms with Crippen molar-refractivity contribution in [2.45, 2.75) is 23.0 Å². The van der Waals surface area contributed by atoms with Crippen LogP contribution in [0, 0.1) is 0 Å². The van der Waals surface area contributed by atoms with E-state index in [0.29, 0.717) is 11.1 Å². The summed E-state index contributed by atoms with van der Waals surface area (Å²) in [6.07, 6.45) is 4.16. The van der Waals surface area contributed by atoms with Gasteiger partial charge >= 0.3 is 0 Å². The fourth-order valence-electron chi connectivity index (χ4n) is 2.06. The quantitative estimate of drug-likeness (QED) is 0.923. The van der Waals surface area contributed by atoms with Crippen molar-refractivity contribution in [3.8, 4) is 0 Å². The summed E-state index contributed by atoms with van der Waals surface area (Å²) in [6.45, 7) is 2.03. The second-order valence-electron chi connectivity index (χ2n) is 4.46. The van der Waals surface area contributed by atoms with E-state index in [9.17, 15) is 0 Å². The molecule has 0 aliphatic carbocycles. The zero-order chi connectivity index (χ0) is 13.8. The first-order chi connectivity index (χ1) is 9.85. The molecule has 0 spiro atoms. The highest BCUT2D eigenvalue weighted by molar-refractivity contribution is 7.99. The standard InChI is InChI=1S/C13H16N6S/c1-14-11-16-12(19-8-4-5-9-19)18-13(17-11)20-10-6-2-3-7-15-10/h2-3,6-7H,4-5,8-9H2,1H3,(H,14,16,17,18). The van der Waals surface area contributed by atoms with Gasteiger partial charge in [0.2, 0.25) is 17.1 Å². The average Bonchev–Trinajstić information content (AvgIpc) is 3.02. The number of nitrogens with one attached hydrogen (secondary N) is 1. The van der Waals surface area contributed by atoms with Gasteiger partial charge in [0.15, 0.2) is 0 Å². The van der Waals surface area contributed by atoms with E-state index in [1.165, 1.54) is 24.6 Å². The second-order valence-corrected chi connectivity index (χ2v) is 5.44. The highest BCUT2D eigenvalue weighted by Gasteiger charge is 2.17. The van der Waals surface area contributed by atoms with E-state index in [4.69, 9.17) is 0 Å². The van der Waals surface area contributed by atoms with Gasteiger partial charge in [0, 0.05) is 26.3 Å². The van der Waals surface area contributed by atoms with Crippen LogP contribution in [0.5, 0.6) is 0 Å². The maximum absolute atomic E-state index is 4.55. The highest BCUT2D eigenvalue weighted by Crippen LogP contribution is 2.25. The summed E-state index contributed by atoms with van der Waals surface area (Å²) in [5, 5.41) is 4.55. The van der Waals surface area contributed by atoms with Crippen LogP contribution in [0.15, 0.2) is 34.6 Å². The van der Waals surface area contributed by atoms with Crippen molar-refractivity contribution in [2.75, 3.05) is 30.4 Å². The molecule has 0 amide bonds. The Morgan fingerprint density at radius 1 is 1.15 bits per heavy atom. The van der Waals surface area contributed by atoms with Gasteiger partial charge in [-0.3, -0.25) is 0 Å². The van der Waals surface area contributed by atoms with Crippen LogP contribution in [0.25, 0.3) is 0 Å². The molecular weight excluding hydrogens is 272 g/mol. The van der Waals surface area contributed by atoms with Crippen LogP contribution in [-0.2, 0) is 0 Å². The molecule has 6 nitrogen and oxygen atoms in total. The van der Waals surface area contributed by atoms with Gasteiger partial charge in [-0.2, -0.15) is 15.0 Å². The van der Waals surface area contributed by atoms with Gasteiger partial charge in [-0.05, 0) is 36.7 Å². The smallest absolute Gasteiger partial charge is 0.231 e. The summed E-state index contributed by atoms with van der Waals surface area (Å²) < 4.78 is 0. The molecule has 0 aromatic carbocycles.